The number of rotatable bonds is 9. The highest BCUT2D eigenvalue weighted by molar-refractivity contribution is 5.97. The third-order valence-electron chi connectivity index (χ3n) is 7.71. The van der Waals surface area contributed by atoms with Crippen molar-refractivity contribution >= 4 is 28.6 Å². The number of amides is 1. The summed E-state index contributed by atoms with van der Waals surface area (Å²) in [6, 6.07) is 31.2. The van der Waals surface area contributed by atoms with Crippen molar-refractivity contribution in [1.82, 2.24) is 4.90 Å². The molecule has 0 N–H and O–H groups in total. The number of Topliss-reactive ketones (excluding diaryl/α,β-unsaturated/α-hetero) is 1. The number of nitrogens with zero attached hydrogens (tertiary/aromatic N) is 1. The molecular formula is C37H39NO6. The van der Waals surface area contributed by atoms with E-state index in [-0.39, 0.29) is 36.9 Å². The normalized spacial score (nSPS) is 16.8. The average Bonchev–Trinajstić information content (AvgIpc) is 3.02. The van der Waals surface area contributed by atoms with Gasteiger partial charge in [0.05, 0.1) is 25.7 Å². The topological polar surface area (TPSA) is 82.1 Å². The minimum absolute atomic E-state index is 0.0543. The molecule has 1 fully saturated rings. The molecule has 1 heterocycles. The first-order chi connectivity index (χ1) is 21.1. The second-order valence-corrected chi connectivity index (χ2v) is 12.2. The maximum Gasteiger partial charge on any atom is 0.410 e. The van der Waals surface area contributed by atoms with Crippen molar-refractivity contribution in [3.63, 3.8) is 0 Å². The summed E-state index contributed by atoms with van der Waals surface area (Å²) >= 11 is 0. The van der Waals surface area contributed by atoms with Crippen molar-refractivity contribution in [2.24, 2.45) is 0 Å². The molecule has 0 spiro atoms. The number of fused-ring (bicyclic) bond motifs is 1. The number of carbonyl (C=O) groups is 3. The highest BCUT2D eigenvalue weighted by atomic mass is 16.6. The minimum Gasteiger partial charge on any atom is -0.457 e. The lowest BCUT2D eigenvalue weighted by Crippen LogP contribution is -2.48. The molecule has 4 aromatic rings. The van der Waals surface area contributed by atoms with Gasteiger partial charge in [-0.3, -0.25) is 9.59 Å². The fourth-order valence-electron chi connectivity index (χ4n) is 5.44. The van der Waals surface area contributed by atoms with Gasteiger partial charge in [-0.2, -0.15) is 0 Å². The van der Waals surface area contributed by atoms with E-state index in [4.69, 9.17) is 14.2 Å². The fraction of sp³-hybridized carbons (Fsp3) is 0.324. The van der Waals surface area contributed by atoms with Crippen LogP contribution in [-0.2, 0) is 32.0 Å². The molecule has 0 aromatic heterocycles. The number of carbonyl (C=O) groups excluding carboxylic acids is 3. The molecule has 0 radical (unpaired) electrons. The smallest absolute Gasteiger partial charge is 0.410 e. The van der Waals surface area contributed by atoms with Gasteiger partial charge in [-0.1, -0.05) is 91.0 Å². The highest BCUT2D eigenvalue weighted by Gasteiger charge is 2.35. The summed E-state index contributed by atoms with van der Waals surface area (Å²) in [5.41, 5.74) is 2.87. The van der Waals surface area contributed by atoms with Gasteiger partial charge in [0.1, 0.15) is 5.60 Å². The molecular weight excluding hydrogens is 554 g/mol. The highest BCUT2D eigenvalue weighted by Crippen LogP contribution is 2.32. The molecule has 1 aliphatic heterocycles. The Morgan fingerprint density at radius 3 is 2.23 bits per heavy atom. The monoisotopic (exact) mass is 593 g/mol. The van der Waals surface area contributed by atoms with E-state index in [0.717, 1.165) is 22.1 Å². The Morgan fingerprint density at radius 2 is 1.50 bits per heavy atom. The third-order valence-corrected chi connectivity index (χ3v) is 7.71. The zero-order valence-corrected chi connectivity index (χ0v) is 25.5. The zero-order valence-electron chi connectivity index (χ0n) is 25.5. The molecule has 2 atom stereocenters. The number of likely N-dealkylation sites (tertiary alicyclic amines) is 1. The lowest BCUT2D eigenvalue weighted by molar-refractivity contribution is -0.141. The summed E-state index contributed by atoms with van der Waals surface area (Å²) in [7, 11) is 0. The van der Waals surface area contributed by atoms with Crippen LogP contribution in [-0.4, -0.2) is 54.1 Å². The summed E-state index contributed by atoms with van der Waals surface area (Å²) in [4.78, 5) is 39.4. The second kappa shape index (κ2) is 13.9. The molecule has 7 heteroatoms. The van der Waals surface area contributed by atoms with Crippen LogP contribution in [0.3, 0.4) is 0 Å². The first-order valence-corrected chi connectivity index (χ1v) is 15.0. The van der Waals surface area contributed by atoms with E-state index < -0.39 is 11.6 Å². The third kappa shape index (κ3) is 8.32. The number of hydrogen-bond donors (Lipinski definition) is 0. The lowest BCUT2D eigenvalue weighted by Gasteiger charge is -2.39. The van der Waals surface area contributed by atoms with Crippen LogP contribution in [0.25, 0.3) is 10.8 Å². The van der Waals surface area contributed by atoms with Gasteiger partial charge in [0.15, 0.2) is 12.4 Å². The molecule has 1 aliphatic rings. The van der Waals surface area contributed by atoms with Crippen LogP contribution in [0.2, 0.25) is 0 Å². The van der Waals surface area contributed by atoms with E-state index >= 15 is 0 Å². The molecule has 228 valence electrons. The van der Waals surface area contributed by atoms with Crippen molar-refractivity contribution in [2.75, 3.05) is 19.7 Å². The molecule has 1 saturated heterocycles. The quantitative estimate of drug-likeness (QED) is 0.152. The van der Waals surface area contributed by atoms with Crippen LogP contribution in [0.5, 0.6) is 0 Å². The molecule has 7 nitrogen and oxygen atoms in total. The van der Waals surface area contributed by atoms with Crippen molar-refractivity contribution in [2.45, 2.75) is 57.8 Å². The Morgan fingerprint density at radius 1 is 0.818 bits per heavy atom. The van der Waals surface area contributed by atoms with Crippen LogP contribution in [0.15, 0.2) is 97.1 Å². The van der Waals surface area contributed by atoms with Gasteiger partial charge in [0.25, 0.3) is 0 Å². The number of piperidine rings is 1. The van der Waals surface area contributed by atoms with Gasteiger partial charge in [-0.05, 0) is 60.7 Å². The second-order valence-electron chi connectivity index (χ2n) is 12.2. The van der Waals surface area contributed by atoms with Crippen LogP contribution in [0.4, 0.5) is 4.79 Å². The Hall–Kier alpha value is -4.49. The van der Waals surface area contributed by atoms with Crippen molar-refractivity contribution < 1.29 is 28.6 Å². The first-order valence-electron chi connectivity index (χ1n) is 15.0. The summed E-state index contributed by atoms with van der Waals surface area (Å²) in [5.74, 6) is -0.635. The van der Waals surface area contributed by atoms with Crippen LogP contribution < -0.4 is 0 Å². The Bertz CT molecular complexity index is 1590. The number of ether oxygens (including phenoxy) is 3. The van der Waals surface area contributed by atoms with Crippen LogP contribution in [0, 0.1) is 0 Å². The Labute approximate surface area is 258 Å². The minimum atomic E-state index is -0.582. The van der Waals surface area contributed by atoms with Gasteiger partial charge in [0, 0.05) is 18.0 Å². The van der Waals surface area contributed by atoms with E-state index in [1.54, 1.807) is 29.2 Å². The predicted molar refractivity (Wildman–Crippen MR) is 170 cm³/mol. The van der Waals surface area contributed by atoms with E-state index in [1.807, 2.05) is 63.2 Å². The maximum absolute atomic E-state index is 12.9. The number of benzene rings is 4. The average molecular weight is 594 g/mol. The molecule has 4 aromatic carbocycles. The number of esters is 1. The molecule has 0 saturated carbocycles. The first kappa shape index (κ1) is 31.0. The predicted octanol–water partition coefficient (Wildman–Crippen LogP) is 7.12. The Kier molecular flexibility index (Phi) is 9.75. The molecule has 5 rings (SSSR count). The van der Waals surface area contributed by atoms with E-state index in [1.165, 1.54) is 5.39 Å². The van der Waals surface area contributed by atoms with Gasteiger partial charge in [0.2, 0.25) is 0 Å². The zero-order chi connectivity index (χ0) is 31.1. The summed E-state index contributed by atoms with van der Waals surface area (Å²) in [6.45, 7) is 6.69. The molecule has 44 heavy (non-hydrogen) atoms. The van der Waals surface area contributed by atoms with Gasteiger partial charge in [-0.25, -0.2) is 4.79 Å². The van der Waals surface area contributed by atoms with Gasteiger partial charge < -0.3 is 19.1 Å². The number of ketones is 1. The van der Waals surface area contributed by atoms with Crippen LogP contribution >= 0.6 is 0 Å². The molecule has 2 unspecified atom stereocenters. The van der Waals surface area contributed by atoms with E-state index in [9.17, 15) is 14.4 Å². The maximum atomic E-state index is 12.9. The summed E-state index contributed by atoms with van der Waals surface area (Å²) in [5, 5.41) is 2.33. The van der Waals surface area contributed by atoms with E-state index in [0.29, 0.717) is 31.7 Å². The largest absolute Gasteiger partial charge is 0.457 e. The standard InChI is InChI=1S/C37H39NO6/c1-37(2,3)44-36(41)38-20-19-32(34(23-38)42-24-27-15-16-28-9-7-8-12-31(28)21-27)29-17-13-26(14-18-29)22-35(40)43-25-33(39)30-10-5-4-6-11-30/h4-18,21,32,34H,19-20,22-25H2,1-3H3. The SMILES string of the molecule is CC(C)(C)OC(=O)N1CCC(c2ccc(CC(=O)OCC(=O)c3ccccc3)cc2)C(OCc2ccc3ccccc3c2)C1. The van der Waals surface area contributed by atoms with Crippen molar-refractivity contribution in [3.8, 4) is 0 Å². The van der Waals surface area contributed by atoms with Gasteiger partial charge >= 0.3 is 12.1 Å². The summed E-state index contributed by atoms with van der Waals surface area (Å²) in [6.07, 6.45) is 0.198. The van der Waals surface area contributed by atoms with Crippen LogP contribution in [0.1, 0.15) is 60.2 Å². The molecule has 0 aliphatic carbocycles. The number of hydrogen-bond acceptors (Lipinski definition) is 6. The van der Waals surface area contributed by atoms with Crippen molar-refractivity contribution in [1.29, 1.82) is 0 Å². The van der Waals surface area contributed by atoms with E-state index in [2.05, 4.69) is 30.3 Å². The molecule has 0 bridgehead atoms. The Balaban J connectivity index is 1.24. The summed E-state index contributed by atoms with van der Waals surface area (Å²) < 4.78 is 17.4. The van der Waals surface area contributed by atoms with Crippen molar-refractivity contribution in [3.05, 3.63) is 119 Å². The fourth-order valence-corrected chi connectivity index (χ4v) is 5.44. The van der Waals surface area contributed by atoms with Gasteiger partial charge in [-0.15, -0.1) is 0 Å². The molecule has 1 amide bonds. The lowest BCUT2D eigenvalue weighted by atomic mass is 9.86.